The smallest absolute Gasteiger partial charge is 0.340 e. The molecule has 0 saturated heterocycles. The Bertz CT molecular complexity index is 598. The van der Waals surface area contributed by atoms with Crippen molar-refractivity contribution in [1.82, 2.24) is 10.1 Å². The van der Waals surface area contributed by atoms with Crippen molar-refractivity contribution in [1.29, 1.82) is 0 Å². The van der Waals surface area contributed by atoms with Gasteiger partial charge in [0.15, 0.2) is 5.82 Å². The molecular weight excluding hydrogens is 253 g/mol. The van der Waals surface area contributed by atoms with Crippen molar-refractivity contribution in [2.45, 2.75) is 13.3 Å². The highest BCUT2D eigenvalue weighted by Crippen LogP contribution is 2.18. The number of hydrogen-bond donors (Lipinski definition) is 2. The first-order valence-corrected chi connectivity index (χ1v) is 5.63. The summed E-state index contributed by atoms with van der Waals surface area (Å²) < 4.78 is 18.2. The number of carboxylic acids is 1. The zero-order chi connectivity index (χ0) is 13.8. The third-order valence-corrected chi connectivity index (χ3v) is 2.46. The summed E-state index contributed by atoms with van der Waals surface area (Å²) in [5, 5.41) is 15.5. The predicted molar refractivity (Wildman–Crippen MR) is 64.6 cm³/mol. The highest BCUT2D eigenvalue weighted by molar-refractivity contribution is 5.94. The van der Waals surface area contributed by atoms with Gasteiger partial charge in [-0.2, -0.15) is 4.98 Å². The molecule has 0 unspecified atom stereocenters. The molecule has 0 aliphatic heterocycles. The number of aromatic carboxylic acids is 1. The molecule has 2 N–H and O–H groups in total. The lowest BCUT2D eigenvalue weighted by molar-refractivity contribution is 0.0693. The molecular formula is C12H12FN3O3. The van der Waals surface area contributed by atoms with E-state index in [1.54, 1.807) is 6.92 Å². The fourth-order valence-electron chi connectivity index (χ4n) is 1.64. The molecule has 1 aromatic heterocycles. The number of carboxylic acid groups (broad SMARTS) is 1. The van der Waals surface area contributed by atoms with Crippen molar-refractivity contribution in [3.8, 4) is 0 Å². The number of nitrogens with zero attached hydrogens (tertiary/aromatic N) is 2. The quantitative estimate of drug-likeness (QED) is 0.858. The third-order valence-electron chi connectivity index (χ3n) is 2.46. The number of anilines is 1. The molecule has 7 heteroatoms. The van der Waals surface area contributed by atoms with E-state index in [0.717, 1.165) is 6.07 Å². The topological polar surface area (TPSA) is 88.2 Å². The van der Waals surface area contributed by atoms with Crippen LogP contribution in [0.5, 0.6) is 0 Å². The first kappa shape index (κ1) is 13.0. The predicted octanol–water partition coefficient (Wildman–Crippen LogP) is 1.87. The summed E-state index contributed by atoms with van der Waals surface area (Å²) in [6.07, 6.45) is 0.451. The first-order valence-electron chi connectivity index (χ1n) is 5.63. The lowest BCUT2D eigenvalue weighted by Crippen LogP contribution is -2.11. The number of nitrogens with one attached hydrogen (secondary N) is 1. The molecule has 0 aliphatic carbocycles. The molecule has 0 aliphatic rings. The fourth-order valence-corrected chi connectivity index (χ4v) is 1.64. The van der Waals surface area contributed by atoms with Crippen LogP contribution in [0.4, 0.5) is 10.1 Å². The van der Waals surface area contributed by atoms with Gasteiger partial charge in [0, 0.05) is 19.9 Å². The summed E-state index contributed by atoms with van der Waals surface area (Å²) in [5.41, 5.74) is -0.139. The Balaban J connectivity index is 2.03. The maximum absolute atomic E-state index is 13.4. The number of carbonyl (C=O) groups is 1. The van der Waals surface area contributed by atoms with Gasteiger partial charge in [0.2, 0.25) is 5.89 Å². The second kappa shape index (κ2) is 5.47. The molecule has 0 atom stereocenters. The van der Waals surface area contributed by atoms with Crippen LogP contribution in [0.3, 0.4) is 0 Å². The number of hydrogen-bond acceptors (Lipinski definition) is 5. The van der Waals surface area contributed by atoms with E-state index in [0.29, 0.717) is 24.7 Å². The minimum absolute atomic E-state index is 0.229. The number of aryl methyl sites for hydroxylation is 1. The van der Waals surface area contributed by atoms with E-state index in [2.05, 4.69) is 15.5 Å². The maximum Gasteiger partial charge on any atom is 0.340 e. The Kier molecular flexibility index (Phi) is 3.74. The Morgan fingerprint density at radius 1 is 1.53 bits per heavy atom. The van der Waals surface area contributed by atoms with Crippen molar-refractivity contribution in [3.63, 3.8) is 0 Å². The molecule has 2 rings (SSSR count). The number of rotatable bonds is 5. The number of aromatic nitrogens is 2. The number of halogens is 1. The summed E-state index contributed by atoms with van der Waals surface area (Å²) in [4.78, 5) is 15.0. The summed E-state index contributed by atoms with van der Waals surface area (Å²) in [6, 6.07) is 4.06. The second-order valence-electron chi connectivity index (χ2n) is 3.87. The average Bonchev–Trinajstić information content (AvgIpc) is 2.74. The SMILES string of the molecule is Cc1nc(CCNc2cccc(F)c2C(=O)O)no1. The van der Waals surface area contributed by atoms with Crippen LogP contribution in [0.15, 0.2) is 22.7 Å². The fraction of sp³-hybridized carbons (Fsp3) is 0.250. The zero-order valence-electron chi connectivity index (χ0n) is 10.2. The third kappa shape index (κ3) is 3.06. The maximum atomic E-state index is 13.4. The van der Waals surface area contributed by atoms with Crippen LogP contribution < -0.4 is 5.32 Å². The van der Waals surface area contributed by atoms with E-state index in [1.807, 2.05) is 0 Å². The Hall–Kier alpha value is -2.44. The summed E-state index contributed by atoms with van der Waals surface area (Å²) in [6.45, 7) is 2.06. The van der Waals surface area contributed by atoms with Gasteiger partial charge in [-0.3, -0.25) is 0 Å². The van der Waals surface area contributed by atoms with Crippen LogP contribution in [0.1, 0.15) is 22.1 Å². The Morgan fingerprint density at radius 3 is 2.95 bits per heavy atom. The molecule has 0 amide bonds. The minimum atomic E-state index is -1.31. The van der Waals surface area contributed by atoms with Gasteiger partial charge >= 0.3 is 5.97 Å². The zero-order valence-corrected chi connectivity index (χ0v) is 10.2. The van der Waals surface area contributed by atoms with Gasteiger partial charge in [-0.15, -0.1) is 0 Å². The van der Waals surface area contributed by atoms with Gasteiger partial charge in [-0.05, 0) is 12.1 Å². The van der Waals surface area contributed by atoms with Crippen molar-refractivity contribution in [3.05, 3.63) is 41.3 Å². The molecule has 100 valence electrons. The largest absolute Gasteiger partial charge is 0.478 e. The van der Waals surface area contributed by atoms with Crippen molar-refractivity contribution >= 4 is 11.7 Å². The lowest BCUT2D eigenvalue weighted by atomic mass is 10.1. The molecule has 1 aromatic carbocycles. The standard InChI is InChI=1S/C12H12FN3O3/c1-7-15-10(16-19-7)5-6-14-9-4-2-3-8(13)11(9)12(17)18/h2-4,14H,5-6H2,1H3,(H,17,18). The van der Waals surface area contributed by atoms with E-state index >= 15 is 0 Å². The van der Waals surface area contributed by atoms with Gasteiger partial charge in [-0.1, -0.05) is 11.2 Å². The average molecular weight is 265 g/mol. The van der Waals surface area contributed by atoms with Crippen molar-refractivity contribution in [2.75, 3.05) is 11.9 Å². The molecule has 0 fully saturated rings. The molecule has 0 radical (unpaired) electrons. The van der Waals surface area contributed by atoms with E-state index in [9.17, 15) is 9.18 Å². The first-order chi connectivity index (χ1) is 9.08. The molecule has 0 saturated carbocycles. The van der Waals surface area contributed by atoms with Crippen LogP contribution in [0.25, 0.3) is 0 Å². The van der Waals surface area contributed by atoms with Crippen LogP contribution in [0.2, 0.25) is 0 Å². The van der Waals surface area contributed by atoms with Crippen molar-refractivity contribution in [2.24, 2.45) is 0 Å². The van der Waals surface area contributed by atoms with E-state index in [1.165, 1.54) is 12.1 Å². The van der Waals surface area contributed by atoms with E-state index in [4.69, 9.17) is 9.63 Å². The van der Waals surface area contributed by atoms with E-state index < -0.39 is 11.8 Å². The normalized spacial score (nSPS) is 10.4. The van der Waals surface area contributed by atoms with Crippen LogP contribution in [0, 0.1) is 12.7 Å². The highest BCUT2D eigenvalue weighted by atomic mass is 19.1. The van der Waals surface area contributed by atoms with Gasteiger partial charge in [0.1, 0.15) is 11.4 Å². The van der Waals surface area contributed by atoms with Crippen molar-refractivity contribution < 1.29 is 18.8 Å². The number of benzene rings is 1. The van der Waals surface area contributed by atoms with Crippen LogP contribution >= 0.6 is 0 Å². The molecule has 2 aromatic rings. The molecule has 0 spiro atoms. The summed E-state index contributed by atoms with van der Waals surface area (Å²) >= 11 is 0. The highest BCUT2D eigenvalue weighted by Gasteiger charge is 2.15. The van der Waals surface area contributed by atoms with Crippen LogP contribution in [-0.2, 0) is 6.42 Å². The summed E-state index contributed by atoms with van der Waals surface area (Å²) in [5.74, 6) is -1.10. The van der Waals surface area contributed by atoms with Gasteiger partial charge in [0.25, 0.3) is 0 Å². The Morgan fingerprint density at radius 2 is 2.32 bits per heavy atom. The van der Waals surface area contributed by atoms with Gasteiger partial charge in [-0.25, -0.2) is 9.18 Å². The molecule has 0 bridgehead atoms. The van der Waals surface area contributed by atoms with Gasteiger partial charge in [0.05, 0.1) is 5.69 Å². The minimum Gasteiger partial charge on any atom is -0.478 e. The molecule has 19 heavy (non-hydrogen) atoms. The van der Waals surface area contributed by atoms with Gasteiger partial charge < -0.3 is 14.9 Å². The molecule has 6 nitrogen and oxygen atoms in total. The lowest BCUT2D eigenvalue weighted by Gasteiger charge is -2.08. The summed E-state index contributed by atoms with van der Waals surface area (Å²) in [7, 11) is 0. The second-order valence-corrected chi connectivity index (χ2v) is 3.87. The van der Waals surface area contributed by atoms with E-state index in [-0.39, 0.29) is 11.3 Å². The van der Waals surface area contributed by atoms with Crippen LogP contribution in [-0.4, -0.2) is 27.8 Å². The molecule has 1 heterocycles. The Labute approximate surface area is 108 Å². The monoisotopic (exact) mass is 265 g/mol.